The van der Waals surface area contributed by atoms with Gasteiger partial charge in [0, 0.05) is 25.6 Å². The lowest BCUT2D eigenvalue weighted by Gasteiger charge is -2.34. The van der Waals surface area contributed by atoms with E-state index in [1.807, 2.05) is 12.1 Å². The first-order valence-electron chi connectivity index (χ1n) is 8.51. The second kappa shape index (κ2) is 7.90. The summed E-state index contributed by atoms with van der Waals surface area (Å²) in [6, 6.07) is 24.9. The quantitative estimate of drug-likeness (QED) is 0.488. The minimum Gasteiger partial charge on any atom is -0.389 e. The summed E-state index contributed by atoms with van der Waals surface area (Å²) < 4.78 is 1.20. The van der Waals surface area contributed by atoms with Crippen molar-refractivity contribution in [3.05, 3.63) is 76.4 Å². The SMILES string of the molecule is OC(CNc1ccc(I)cc1)CN1c2ccccc2Sc2ccccc21. The van der Waals surface area contributed by atoms with Gasteiger partial charge in [0.25, 0.3) is 0 Å². The van der Waals surface area contributed by atoms with Gasteiger partial charge in [-0.15, -0.1) is 0 Å². The molecule has 0 saturated heterocycles. The highest BCUT2D eigenvalue weighted by Gasteiger charge is 2.24. The van der Waals surface area contributed by atoms with Gasteiger partial charge in [-0.3, -0.25) is 0 Å². The molecule has 5 heteroatoms. The van der Waals surface area contributed by atoms with Crippen LogP contribution in [0, 0.1) is 3.57 Å². The summed E-state index contributed by atoms with van der Waals surface area (Å²) in [6.45, 7) is 1.06. The van der Waals surface area contributed by atoms with Crippen molar-refractivity contribution in [1.82, 2.24) is 0 Å². The highest BCUT2D eigenvalue weighted by molar-refractivity contribution is 14.1. The molecule has 0 radical (unpaired) electrons. The zero-order chi connectivity index (χ0) is 17.9. The number of benzene rings is 3. The van der Waals surface area contributed by atoms with Crippen LogP contribution in [0.3, 0.4) is 0 Å². The Balaban J connectivity index is 1.51. The zero-order valence-corrected chi connectivity index (χ0v) is 17.1. The molecule has 1 aliphatic heterocycles. The number of hydrogen-bond donors (Lipinski definition) is 2. The third kappa shape index (κ3) is 3.84. The highest BCUT2D eigenvalue weighted by Crippen LogP contribution is 2.47. The van der Waals surface area contributed by atoms with E-state index in [-0.39, 0.29) is 0 Å². The van der Waals surface area contributed by atoms with Crippen molar-refractivity contribution in [2.24, 2.45) is 0 Å². The number of aliphatic hydroxyl groups excluding tert-OH is 1. The van der Waals surface area contributed by atoms with Gasteiger partial charge >= 0.3 is 0 Å². The van der Waals surface area contributed by atoms with Crippen LogP contribution < -0.4 is 10.2 Å². The number of rotatable bonds is 5. The maximum atomic E-state index is 10.7. The van der Waals surface area contributed by atoms with Crippen molar-refractivity contribution >= 4 is 51.4 Å². The number of para-hydroxylation sites is 2. The van der Waals surface area contributed by atoms with E-state index in [4.69, 9.17) is 0 Å². The van der Waals surface area contributed by atoms with Gasteiger partial charge in [-0.1, -0.05) is 36.0 Å². The van der Waals surface area contributed by atoms with Crippen molar-refractivity contribution in [1.29, 1.82) is 0 Å². The molecule has 1 aliphatic rings. The minimum absolute atomic E-state index is 0.488. The summed E-state index contributed by atoms with van der Waals surface area (Å²) in [5.41, 5.74) is 3.34. The number of nitrogens with zero attached hydrogens (tertiary/aromatic N) is 1. The number of nitrogens with one attached hydrogen (secondary N) is 1. The molecule has 0 bridgehead atoms. The van der Waals surface area contributed by atoms with E-state index >= 15 is 0 Å². The highest BCUT2D eigenvalue weighted by atomic mass is 127. The smallest absolute Gasteiger partial charge is 0.0891 e. The Morgan fingerprint density at radius 2 is 1.46 bits per heavy atom. The van der Waals surface area contributed by atoms with E-state index in [0.717, 1.165) is 17.1 Å². The molecule has 0 saturated carbocycles. The lowest BCUT2D eigenvalue weighted by Crippen LogP contribution is -2.34. The maximum Gasteiger partial charge on any atom is 0.0891 e. The molecule has 1 atom stereocenters. The summed E-state index contributed by atoms with van der Waals surface area (Å²) in [5.74, 6) is 0. The fraction of sp³-hybridized carbons (Fsp3) is 0.143. The van der Waals surface area contributed by atoms with E-state index in [9.17, 15) is 5.11 Å². The molecule has 0 amide bonds. The maximum absolute atomic E-state index is 10.7. The zero-order valence-electron chi connectivity index (χ0n) is 14.1. The Kier molecular flexibility index (Phi) is 5.38. The summed E-state index contributed by atoms with van der Waals surface area (Å²) >= 11 is 4.07. The molecule has 132 valence electrons. The van der Waals surface area contributed by atoms with Gasteiger partial charge < -0.3 is 15.3 Å². The lowest BCUT2D eigenvalue weighted by molar-refractivity contribution is 0.195. The topological polar surface area (TPSA) is 35.5 Å². The Labute approximate surface area is 171 Å². The van der Waals surface area contributed by atoms with Gasteiger partial charge in [-0.05, 0) is 71.1 Å². The Bertz CT molecular complexity index is 855. The number of hydrogen-bond acceptors (Lipinski definition) is 4. The Hall–Kier alpha value is -1.70. The third-order valence-corrected chi connectivity index (χ3v) is 6.16. The standard InChI is InChI=1S/C21H19IN2OS/c22-15-9-11-16(12-10-15)23-13-17(25)14-24-18-5-1-3-7-20(18)26-21-8-4-2-6-19(21)24/h1-12,17,23,25H,13-14H2. The fourth-order valence-corrected chi connectivity index (χ4v) is 4.51. The second-order valence-corrected chi connectivity index (χ2v) is 8.52. The monoisotopic (exact) mass is 474 g/mol. The molecule has 3 nitrogen and oxygen atoms in total. The minimum atomic E-state index is -0.488. The summed E-state index contributed by atoms with van der Waals surface area (Å²) in [7, 11) is 0. The van der Waals surface area contributed by atoms with E-state index in [1.165, 1.54) is 13.4 Å². The molecule has 1 heterocycles. The molecular weight excluding hydrogens is 455 g/mol. The first-order valence-corrected chi connectivity index (χ1v) is 10.4. The molecule has 26 heavy (non-hydrogen) atoms. The van der Waals surface area contributed by atoms with Crippen molar-refractivity contribution in [3.8, 4) is 0 Å². The molecule has 0 fully saturated rings. The molecule has 4 rings (SSSR count). The predicted molar refractivity (Wildman–Crippen MR) is 118 cm³/mol. The number of aliphatic hydroxyl groups is 1. The van der Waals surface area contributed by atoms with Crippen LogP contribution in [0.15, 0.2) is 82.6 Å². The summed E-state index contributed by atoms with van der Waals surface area (Å²) in [5, 5.41) is 14.0. The first-order chi connectivity index (χ1) is 12.7. The van der Waals surface area contributed by atoms with Crippen molar-refractivity contribution in [2.75, 3.05) is 23.3 Å². The third-order valence-electron chi connectivity index (χ3n) is 4.31. The Morgan fingerprint density at radius 3 is 2.08 bits per heavy atom. The summed E-state index contributed by atoms with van der Waals surface area (Å²) in [4.78, 5) is 4.68. The molecule has 2 N–H and O–H groups in total. The molecule has 3 aromatic carbocycles. The number of β-amino-alcohol motifs (C(OH)–C–C–N with tert-alkyl or cyclic N) is 1. The first kappa shape index (κ1) is 17.7. The van der Waals surface area contributed by atoms with Crippen LogP contribution in [0.4, 0.5) is 17.1 Å². The second-order valence-electron chi connectivity index (χ2n) is 6.19. The average Bonchev–Trinajstić information content (AvgIpc) is 2.67. The van der Waals surface area contributed by atoms with Gasteiger partial charge in [0.15, 0.2) is 0 Å². The molecule has 0 aromatic heterocycles. The summed E-state index contributed by atoms with van der Waals surface area (Å²) in [6.07, 6.45) is -0.488. The van der Waals surface area contributed by atoms with Crippen LogP contribution in [0.25, 0.3) is 0 Å². The van der Waals surface area contributed by atoms with Gasteiger partial charge in [-0.25, -0.2) is 0 Å². The van der Waals surface area contributed by atoms with E-state index in [1.54, 1.807) is 11.8 Å². The number of fused-ring (bicyclic) bond motifs is 2. The van der Waals surface area contributed by atoms with E-state index in [0.29, 0.717) is 13.1 Å². The molecule has 0 spiro atoms. The number of halogens is 1. The van der Waals surface area contributed by atoms with Crippen molar-refractivity contribution < 1.29 is 5.11 Å². The molecular formula is C21H19IN2OS. The van der Waals surface area contributed by atoms with Gasteiger partial charge in [-0.2, -0.15) is 0 Å². The lowest BCUT2D eigenvalue weighted by atomic mass is 10.2. The molecule has 3 aromatic rings. The molecule has 1 unspecified atom stereocenters. The van der Waals surface area contributed by atoms with Crippen LogP contribution >= 0.6 is 34.4 Å². The number of anilines is 3. The largest absolute Gasteiger partial charge is 0.389 e. The normalized spacial score (nSPS) is 13.7. The van der Waals surface area contributed by atoms with Crippen LogP contribution in [-0.4, -0.2) is 24.3 Å². The van der Waals surface area contributed by atoms with Crippen molar-refractivity contribution in [2.45, 2.75) is 15.9 Å². The van der Waals surface area contributed by atoms with Gasteiger partial charge in [0.1, 0.15) is 0 Å². The van der Waals surface area contributed by atoms with Crippen LogP contribution in [0.1, 0.15) is 0 Å². The average molecular weight is 474 g/mol. The predicted octanol–water partition coefficient (Wildman–Crippen LogP) is 5.37. The van der Waals surface area contributed by atoms with Gasteiger partial charge in [0.2, 0.25) is 0 Å². The molecule has 0 aliphatic carbocycles. The van der Waals surface area contributed by atoms with Crippen molar-refractivity contribution in [3.63, 3.8) is 0 Å². The fourth-order valence-electron chi connectivity index (χ4n) is 3.06. The Morgan fingerprint density at radius 1 is 0.885 bits per heavy atom. The van der Waals surface area contributed by atoms with Crippen LogP contribution in [0.2, 0.25) is 0 Å². The van der Waals surface area contributed by atoms with E-state index in [2.05, 4.69) is 93.5 Å². The van der Waals surface area contributed by atoms with Crippen LogP contribution in [-0.2, 0) is 0 Å². The van der Waals surface area contributed by atoms with Gasteiger partial charge in [0.05, 0.1) is 24.0 Å². The van der Waals surface area contributed by atoms with Crippen LogP contribution in [0.5, 0.6) is 0 Å². The van der Waals surface area contributed by atoms with E-state index < -0.39 is 6.10 Å².